The Morgan fingerprint density at radius 2 is 0.868 bits per heavy atom. The fourth-order valence-electron chi connectivity index (χ4n) is 7.30. The maximum atomic E-state index is 6.64. The van der Waals surface area contributed by atoms with Crippen molar-refractivity contribution in [1.82, 2.24) is 4.98 Å². The van der Waals surface area contributed by atoms with Crippen LogP contribution in [0.4, 0.5) is 17.1 Å². The monoisotopic (exact) mass is 696 g/mol. The van der Waals surface area contributed by atoms with Crippen molar-refractivity contribution in [2.24, 2.45) is 0 Å². The molecule has 0 bridgehead atoms. The minimum absolute atomic E-state index is 0.630. The fraction of sp³-hybridized carbons (Fsp3) is 0. The van der Waals surface area contributed by atoms with Crippen LogP contribution in [0.1, 0.15) is 0 Å². The lowest BCUT2D eigenvalue weighted by atomic mass is 10.0. The standard InChI is InChI=1S/C49H32N2OS/c1-4-12-33(13-5-1)35-20-26-39(27-21-35)51(40-28-22-36(23-29-40)34-14-6-2-7-15-34)41-30-24-37(25-31-41)43-32-45-46(42-18-10-11-19-44(42)53-45)48-47(43)50-49(52-48)38-16-8-3-9-17-38/h1-32H. The molecular weight excluding hydrogens is 665 g/mol. The first-order chi connectivity index (χ1) is 26.3. The number of aromatic nitrogens is 1. The maximum absolute atomic E-state index is 6.64. The van der Waals surface area contributed by atoms with Crippen molar-refractivity contribution in [3.63, 3.8) is 0 Å². The molecule has 0 radical (unpaired) electrons. The average Bonchev–Trinajstić information content (AvgIpc) is 3.85. The van der Waals surface area contributed by atoms with Crippen LogP contribution in [-0.4, -0.2) is 4.98 Å². The molecule has 10 rings (SSSR count). The highest BCUT2D eigenvalue weighted by Gasteiger charge is 2.21. The van der Waals surface area contributed by atoms with Gasteiger partial charge in [0, 0.05) is 48.4 Å². The molecule has 0 aliphatic heterocycles. The second kappa shape index (κ2) is 13.1. The molecule has 3 nitrogen and oxygen atoms in total. The van der Waals surface area contributed by atoms with E-state index in [2.05, 4.69) is 181 Å². The summed E-state index contributed by atoms with van der Waals surface area (Å²) < 4.78 is 9.07. The lowest BCUT2D eigenvalue weighted by Crippen LogP contribution is -2.09. The summed E-state index contributed by atoms with van der Waals surface area (Å²) >= 11 is 1.80. The van der Waals surface area contributed by atoms with Crippen LogP contribution in [0.3, 0.4) is 0 Å². The highest BCUT2D eigenvalue weighted by molar-refractivity contribution is 7.26. The molecule has 250 valence electrons. The summed E-state index contributed by atoms with van der Waals surface area (Å²) in [7, 11) is 0. The molecule has 0 saturated carbocycles. The van der Waals surface area contributed by atoms with Crippen LogP contribution in [-0.2, 0) is 0 Å². The van der Waals surface area contributed by atoms with E-state index in [-0.39, 0.29) is 0 Å². The normalized spacial score (nSPS) is 11.4. The van der Waals surface area contributed by atoms with Crippen molar-refractivity contribution in [2.75, 3.05) is 4.90 Å². The second-order valence-corrected chi connectivity index (χ2v) is 14.3. The number of thiophene rings is 1. The lowest BCUT2D eigenvalue weighted by molar-refractivity contribution is 0.623. The van der Waals surface area contributed by atoms with Crippen LogP contribution in [0.25, 0.3) is 76.1 Å². The van der Waals surface area contributed by atoms with Crippen LogP contribution < -0.4 is 4.90 Å². The van der Waals surface area contributed by atoms with Crippen molar-refractivity contribution < 1.29 is 4.42 Å². The molecule has 0 spiro atoms. The van der Waals surface area contributed by atoms with E-state index in [4.69, 9.17) is 9.40 Å². The zero-order valence-corrected chi connectivity index (χ0v) is 29.5. The summed E-state index contributed by atoms with van der Waals surface area (Å²) in [5.41, 5.74) is 12.8. The van der Waals surface area contributed by atoms with E-state index in [1.165, 1.54) is 37.0 Å². The first-order valence-electron chi connectivity index (χ1n) is 17.8. The van der Waals surface area contributed by atoms with E-state index in [1.807, 2.05) is 18.2 Å². The van der Waals surface area contributed by atoms with E-state index in [9.17, 15) is 0 Å². The lowest BCUT2D eigenvalue weighted by Gasteiger charge is -2.26. The van der Waals surface area contributed by atoms with Gasteiger partial charge in [0.2, 0.25) is 5.89 Å². The summed E-state index contributed by atoms with van der Waals surface area (Å²) in [4.78, 5) is 7.46. The smallest absolute Gasteiger partial charge is 0.227 e. The molecule has 2 aromatic heterocycles. The largest absolute Gasteiger partial charge is 0.435 e. The van der Waals surface area contributed by atoms with Gasteiger partial charge in [0.1, 0.15) is 5.52 Å². The molecule has 0 N–H and O–H groups in total. The summed E-state index contributed by atoms with van der Waals surface area (Å²) in [5, 5.41) is 2.32. The van der Waals surface area contributed by atoms with Crippen molar-refractivity contribution in [3.8, 4) is 44.8 Å². The van der Waals surface area contributed by atoms with Crippen LogP contribution >= 0.6 is 11.3 Å². The number of rotatable bonds is 7. The van der Waals surface area contributed by atoms with Gasteiger partial charge >= 0.3 is 0 Å². The summed E-state index contributed by atoms with van der Waals surface area (Å²) in [6, 6.07) is 68.6. The predicted molar refractivity (Wildman–Crippen MR) is 223 cm³/mol. The van der Waals surface area contributed by atoms with E-state index < -0.39 is 0 Å². The molecule has 53 heavy (non-hydrogen) atoms. The minimum Gasteiger partial charge on any atom is -0.435 e. The Hall–Kier alpha value is -6.75. The van der Waals surface area contributed by atoms with Gasteiger partial charge in [-0.3, -0.25) is 0 Å². The molecular formula is C49H32N2OS. The molecule has 0 aliphatic carbocycles. The van der Waals surface area contributed by atoms with Gasteiger partial charge in [0.25, 0.3) is 0 Å². The number of benzene rings is 8. The van der Waals surface area contributed by atoms with Crippen LogP contribution in [0.2, 0.25) is 0 Å². The summed E-state index contributed by atoms with van der Waals surface area (Å²) in [5.74, 6) is 0.630. The molecule has 0 fully saturated rings. The van der Waals surface area contributed by atoms with Crippen molar-refractivity contribution in [3.05, 3.63) is 194 Å². The molecule has 0 aliphatic rings. The molecule has 10 aromatic rings. The van der Waals surface area contributed by atoms with Crippen molar-refractivity contribution in [1.29, 1.82) is 0 Å². The summed E-state index contributed by atoms with van der Waals surface area (Å²) in [6.45, 7) is 0. The number of fused-ring (bicyclic) bond motifs is 5. The highest BCUT2D eigenvalue weighted by Crippen LogP contribution is 2.45. The van der Waals surface area contributed by atoms with E-state index >= 15 is 0 Å². The third kappa shape index (κ3) is 5.66. The van der Waals surface area contributed by atoms with Gasteiger partial charge in [-0.05, 0) is 88.5 Å². The predicted octanol–water partition coefficient (Wildman–Crippen LogP) is 14.3. The number of anilines is 3. The third-order valence-electron chi connectivity index (χ3n) is 9.93. The van der Waals surface area contributed by atoms with Gasteiger partial charge in [-0.15, -0.1) is 11.3 Å². The number of hydrogen-bond donors (Lipinski definition) is 0. The van der Waals surface area contributed by atoms with Crippen LogP contribution in [0.15, 0.2) is 199 Å². The Kier molecular flexibility index (Phi) is 7.67. The van der Waals surface area contributed by atoms with Gasteiger partial charge in [0.15, 0.2) is 5.58 Å². The molecule has 0 atom stereocenters. The quantitative estimate of drug-likeness (QED) is 0.166. The van der Waals surface area contributed by atoms with Crippen LogP contribution in [0.5, 0.6) is 0 Å². The number of nitrogens with zero attached hydrogens (tertiary/aromatic N) is 2. The average molecular weight is 697 g/mol. The SMILES string of the molecule is c1ccc(-c2ccc(N(c3ccc(-c4ccccc4)cc3)c3ccc(-c4cc5sc6ccccc6c5c5oc(-c6ccccc6)nc45)cc3)cc2)cc1. The Bertz CT molecular complexity index is 2760. The van der Waals surface area contributed by atoms with E-state index in [0.29, 0.717) is 5.89 Å². The molecule has 0 saturated heterocycles. The molecule has 4 heteroatoms. The van der Waals surface area contributed by atoms with Gasteiger partial charge in [-0.2, -0.15) is 0 Å². The summed E-state index contributed by atoms with van der Waals surface area (Å²) in [6.07, 6.45) is 0. The van der Waals surface area contributed by atoms with Gasteiger partial charge in [-0.1, -0.05) is 133 Å². The first kappa shape index (κ1) is 31.0. The maximum Gasteiger partial charge on any atom is 0.227 e. The zero-order chi connectivity index (χ0) is 35.1. The zero-order valence-electron chi connectivity index (χ0n) is 28.7. The van der Waals surface area contributed by atoms with Gasteiger partial charge < -0.3 is 9.32 Å². The Labute approximate surface area is 311 Å². The molecule has 0 amide bonds. The Morgan fingerprint density at radius 1 is 0.415 bits per heavy atom. The van der Waals surface area contributed by atoms with Gasteiger partial charge in [-0.25, -0.2) is 4.98 Å². The highest BCUT2D eigenvalue weighted by atomic mass is 32.1. The van der Waals surface area contributed by atoms with E-state index in [0.717, 1.165) is 50.2 Å². The first-order valence-corrected chi connectivity index (χ1v) is 18.6. The number of hydrogen-bond acceptors (Lipinski definition) is 4. The second-order valence-electron chi connectivity index (χ2n) is 13.2. The molecule has 8 aromatic carbocycles. The van der Waals surface area contributed by atoms with Crippen LogP contribution in [0, 0.1) is 0 Å². The topological polar surface area (TPSA) is 29.3 Å². The Balaban J connectivity index is 1.09. The van der Waals surface area contributed by atoms with Crippen molar-refractivity contribution >= 4 is 59.7 Å². The minimum atomic E-state index is 0.630. The third-order valence-corrected chi connectivity index (χ3v) is 11.0. The van der Waals surface area contributed by atoms with Crippen molar-refractivity contribution in [2.45, 2.75) is 0 Å². The molecule has 0 unspecified atom stereocenters. The fourth-order valence-corrected chi connectivity index (χ4v) is 8.45. The number of oxazole rings is 1. The Morgan fingerprint density at radius 3 is 1.42 bits per heavy atom. The van der Waals surface area contributed by atoms with Gasteiger partial charge in [0.05, 0.1) is 0 Å². The van der Waals surface area contributed by atoms with E-state index in [1.54, 1.807) is 11.3 Å². The molecule has 2 heterocycles.